The zero-order valence-electron chi connectivity index (χ0n) is 11.0. The van der Waals surface area contributed by atoms with Crippen molar-refractivity contribution in [3.63, 3.8) is 0 Å². The number of aryl methyl sites for hydroxylation is 1. The fourth-order valence-corrected chi connectivity index (χ4v) is 2.67. The van der Waals surface area contributed by atoms with E-state index in [2.05, 4.69) is 19.1 Å². The van der Waals surface area contributed by atoms with Crippen LogP contribution in [0.5, 0.6) is 5.75 Å². The maximum atomic E-state index is 9.13. The molecule has 2 aromatic rings. The van der Waals surface area contributed by atoms with Crippen LogP contribution in [0.25, 0.3) is 0 Å². The first-order valence-electron chi connectivity index (χ1n) is 6.11. The van der Waals surface area contributed by atoms with Crippen LogP contribution in [-0.4, -0.2) is 7.11 Å². The Morgan fingerprint density at radius 2 is 1.79 bits per heavy atom. The van der Waals surface area contributed by atoms with Gasteiger partial charge >= 0.3 is 0 Å². The van der Waals surface area contributed by atoms with Gasteiger partial charge in [0.15, 0.2) is 0 Å². The Bertz CT molecular complexity index is 599. The molecule has 96 valence electrons. The minimum atomic E-state index is 0.765. The van der Waals surface area contributed by atoms with E-state index in [-0.39, 0.29) is 0 Å². The molecule has 0 heterocycles. The number of hydrogen-bond acceptors (Lipinski definition) is 3. The summed E-state index contributed by atoms with van der Waals surface area (Å²) in [5.74, 6) is 0.850. The minimum Gasteiger partial charge on any atom is -0.497 e. The third-order valence-corrected chi connectivity index (χ3v) is 3.88. The molecule has 0 radical (unpaired) electrons. The lowest BCUT2D eigenvalue weighted by Gasteiger charge is -2.06. The molecule has 2 nitrogen and oxygen atoms in total. The Balaban J connectivity index is 2.21. The molecule has 0 aliphatic rings. The van der Waals surface area contributed by atoms with Crippen molar-refractivity contribution in [2.45, 2.75) is 23.1 Å². The Kier molecular flexibility index (Phi) is 4.48. The summed E-state index contributed by atoms with van der Waals surface area (Å²) < 4.78 is 5.13. The van der Waals surface area contributed by atoms with Gasteiger partial charge in [0, 0.05) is 9.79 Å². The molecule has 0 unspecified atom stereocenters. The molecule has 2 rings (SSSR count). The first-order valence-corrected chi connectivity index (χ1v) is 6.93. The highest BCUT2D eigenvalue weighted by molar-refractivity contribution is 7.99. The molecular formula is C16H15NOS. The van der Waals surface area contributed by atoms with E-state index in [4.69, 9.17) is 10.00 Å². The highest BCUT2D eigenvalue weighted by Crippen LogP contribution is 2.30. The van der Waals surface area contributed by atoms with Crippen molar-refractivity contribution in [3.05, 3.63) is 53.6 Å². The van der Waals surface area contributed by atoms with Crippen molar-refractivity contribution in [2.75, 3.05) is 7.11 Å². The summed E-state index contributed by atoms with van der Waals surface area (Å²) in [6.07, 6.45) is 0.885. The van der Waals surface area contributed by atoms with Gasteiger partial charge in [0.2, 0.25) is 0 Å². The number of rotatable bonds is 4. The predicted molar refractivity (Wildman–Crippen MR) is 77.7 cm³/mol. The van der Waals surface area contributed by atoms with Crippen LogP contribution in [0.2, 0.25) is 0 Å². The van der Waals surface area contributed by atoms with Crippen LogP contribution in [0, 0.1) is 11.3 Å². The number of nitrogens with zero attached hydrogens (tertiary/aromatic N) is 1. The molecule has 0 saturated heterocycles. The molecule has 2 aromatic carbocycles. The lowest BCUT2D eigenvalue weighted by Crippen LogP contribution is -1.87. The molecule has 3 heteroatoms. The van der Waals surface area contributed by atoms with Gasteiger partial charge in [-0.3, -0.25) is 0 Å². The summed E-state index contributed by atoms with van der Waals surface area (Å²) in [6, 6.07) is 16.2. The third kappa shape index (κ3) is 3.30. The molecule has 0 aromatic heterocycles. The molecule has 0 N–H and O–H groups in total. The second kappa shape index (κ2) is 6.31. The van der Waals surface area contributed by atoms with Gasteiger partial charge in [-0.2, -0.15) is 5.26 Å². The zero-order chi connectivity index (χ0) is 13.7. The first kappa shape index (κ1) is 13.5. The van der Waals surface area contributed by atoms with Crippen molar-refractivity contribution in [3.8, 4) is 11.8 Å². The van der Waals surface area contributed by atoms with E-state index in [0.717, 1.165) is 33.1 Å². The smallest absolute Gasteiger partial charge is 0.118 e. The molecule has 0 aliphatic carbocycles. The van der Waals surface area contributed by atoms with Gasteiger partial charge in [0.25, 0.3) is 0 Å². The summed E-state index contributed by atoms with van der Waals surface area (Å²) in [5, 5.41) is 9.13. The molecule has 0 amide bonds. The summed E-state index contributed by atoms with van der Waals surface area (Å²) >= 11 is 1.65. The highest BCUT2D eigenvalue weighted by atomic mass is 32.2. The second-order valence-electron chi connectivity index (χ2n) is 4.06. The molecule has 19 heavy (non-hydrogen) atoms. The molecule has 0 bridgehead atoms. The van der Waals surface area contributed by atoms with Crippen molar-refractivity contribution < 1.29 is 4.74 Å². The van der Waals surface area contributed by atoms with Crippen LogP contribution in [0.1, 0.15) is 18.1 Å². The van der Waals surface area contributed by atoms with E-state index in [9.17, 15) is 0 Å². The molecule has 0 fully saturated rings. The summed E-state index contributed by atoms with van der Waals surface area (Å²) in [7, 11) is 1.66. The molecule has 0 aliphatic heterocycles. The van der Waals surface area contributed by atoms with Crippen LogP contribution in [0.3, 0.4) is 0 Å². The van der Waals surface area contributed by atoms with Gasteiger partial charge in [-0.05, 0) is 48.4 Å². The molecule has 0 saturated carbocycles. The first-order chi connectivity index (χ1) is 9.26. The van der Waals surface area contributed by atoms with E-state index in [0.29, 0.717) is 0 Å². The Hall–Kier alpha value is -1.92. The summed E-state index contributed by atoms with van der Waals surface area (Å²) in [4.78, 5) is 2.22. The van der Waals surface area contributed by atoms with E-state index in [1.807, 2.05) is 36.4 Å². The molecule has 0 atom stereocenters. The van der Waals surface area contributed by atoms with Gasteiger partial charge in [0.1, 0.15) is 5.75 Å². The normalized spacial score (nSPS) is 9.95. The number of ether oxygens (including phenoxy) is 1. The number of methoxy groups -OCH3 is 1. The van der Waals surface area contributed by atoms with Gasteiger partial charge in [0.05, 0.1) is 18.7 Å². The largest absolute Gasteiger partial charge is 0.497 e. The third-order valence-electron chi connectivity index (χ3n) is 2.88. The van der Waals surface area contributed by atoms with Gasteiger partial charge < -0.3 is 4.74 Å². The SMILES string of the molecule is CCc1ccc(Sc2ccc(OC)cc2)cc1C#N. The fourth-order valence-electron chi connectivity index (χ4n) is 1.81. The maximum Gasteiger partial charge on any atom is 0.118 e. The summed E-state index contributed by atoms with van der Waals surface area (Å²) in [6.45, 7) is 2.06. The fraction of sp³-hybridized carbons (Fsp3) is 0.188. The maximum absolute atomic E-state index is 9.13. The van der Waals surface area contributed by atoms with Crippen molar-refractivity contribution >= 4 is 11.8 Å². The van der Waals surface area contributed by atoms with Gasteiger partial charge in [-0.15, -0.1) is 0 Å². The highest BCUT2D eigenvalue weighted by Gasteiger charge is 2.03. The van der Waals surface area contributed by atoms with Crippen molar-refractivity contribution in [1.29, 1.82) is 5.26 Å². The van der Waals surface area contributed by atoms with Crippen LogP contribution in [0.15, 0.2) is 52.3 Å². The Morgan fingerprint density at radius 1 is 1.11 bits per heavy atom. The predicted octanol–water partition coefficient (Wildman–Crippen LogP) is 4.28. The number of benzene rings is 2. The average Bonchev–Trinajstić information content (AvgIpc) is 2.48. The van der Waals surface area contributed by atoms with E-state index in [1.165, 1.54) is 0 Å². The zero-order valence-corrected chi connectivity index (χ0v) is 11.8. The van der Waals surface area contributed by atoms with Crippen LogP contribution in [-0.2, 0) is 6.42 Å². The molecule has 0 spiro atoms. The molecular weight excluding hydrogens is 254 g/mol. The monoisotopic (exact) mass is 269 g/mol. The average molecular weight is 269 g/mol. The second-order valence-corrected chi connectivity index (χ2v) is 5.21. The lowest BCUT2D eigenvalue weighted by atomic mass is 10.1. The number of hydrogen-bond donors (Lipinski definition) is 0. The van der Waals surface area contributed by atoms with Crippen molar-refractivity contribution in [2.24, 2.45) is 0 Å². The van der Waals surface area contributed by atoms with E-state index in [1.54, 1.807) is 18.9 Å². The summed E-state index contributed by atoms with van der Waals surface area (Å²) in [5.41, 5.74) is 1.86. The van der Waals surface area contributed by atoms with E-state index < -0.39 is 0 Å². The topological polar surface area (TPSA) is 33.0 Å². The Morgan fingerprint density at radius 3 is 2.37 bits per heavy atom. The van der Waals surface area contributed by atoms with Gasteiger partial charge in [-0.1, -0.05) is 24.8 Å². The van der Waals surface area contributed by atoms with Crippen molar-refractivity contribution in [1.82, 2.24) is 0 Å². The Labute approximate surface area is 118 Å². The lowest BCUT2D eigenvalue weighted by molar-refractivity contribution is 0.414. The van der Waals surface area contributed by atoms with Crippen LogP contribution in [0.4, 0.5) is 0 Å². The quantitative estimate of drug-likeness (QED) is 0.830. The van der Waals surface area contributed by atoms with Crippen LogP contribution >= 0.6 is 11.8 Å². The number of nitriles is 1. The van der Waals surface area contributed by atoms with Crippen LogP contribution < -0.4 is 4.74 Å². The van der Waals surface area contributed by atoms with Gasteiger partial charge in [-0.25, -0.2) is 0 Å². The standard InChI is InChI=1S/C16H15NOS/c1-3-12-4-7-16(10-13(12)11-17)19-15-8-5-14(18-2)6-9-15/h4-10H,3H2,1-2H3. The minimum absolute atomic E-state index is 0.765. The van der Waals surface area contributed by atoms with E-state index >= 15 is 0 Å².